The van der Waals surface area contributed by atoms with E-state index in [0.717, 1.165) is 0 Å². The van der Waals surface area contributed by atoms with E-state index in [9.17, 15) is 0 Å². The van der Waals surface area contributed by atoms with E-state index in [1.807, 2.05) is 11.3 Å². The lowest BCUT2D eigenvalue weighted by Gasteiger charge is -2.09. The van der Waals surface area contributed by atoms with Gasteiger partial charge in [-0.15, -0.1) is 11.3 Å². The van der Waals surface area contributed by atoms with Gasteiger partial charge < -0.3 is 9.13 Å². The Morgan fingerprint density at radius 1 is 0.311 bits per heavy atom. The number of thiophene rings is 1. The Labute approximate surface area is 263 Å². The van der Waals surface area contributed by atoms with Crippen LogP contribution < -0.4 is 0 Å². The van der Waals surface area contributed by atoms with Crippen molar-refractivity contribution in [3.05, 3.63) is 158 Å². The summed E-state index contributed by atoms with van der Waals surface area (Å²) >= 11 is 1.87. The molecule has 10 aromatic rings. The van der Waals surface area contributed by atoms with Crippen molar-refractivity contribution in [1.29, 1.82) is 0 Å². The molecule has 0 spiro atoms. The maximum absolute atomic E-state index is 2.41. The molecule has 0 aliphatic carbocycles. The Bertz CT molecular complexity index is 2710. The fourth-order valence-electron chi connectivity index (χ4n) is 7.29. The molecule has 45 heavy (non-hydrogen) atoms. The average molecular weight is 591 g/mol. The van der Waals surface area contributed by atoms with Crippen LogP contribution >= 0.6 is 11.3 Å². The zero-order valence-corrected chi connectivity index (χ0v) is 25.1. The molecule has 10 rings (SSSR count). The number of hydrogen-bond donors (Lipinski definition) is 0. The van der Waals surface area contributed by atoms with E-state index < -0.39 is 0 Å². The monoisotopic (exact) mass is 590 g/mol. The van der Waals surface area contributed by atoms with Crippen LogP contribution in [0.5, 0.6) is 0 Å². The molecule has 0 aliphatic rings. The topological polar surface area (TPSA) is 9.86 Å². The predicted octanol–water partition coefficient (Wildman–Crippen LogP) is 11.9. The number of benzene rings is 7. The Morgan fingerprint density at radius 3 is 1.44 bits per heavy atom. The van der Waals surface area contributed by atoms with Crippen molar-refractivity contribution >= 4 is 75.1 Å². The molecule has 0 bridgehead atoms. The van der Waals surface area contributed by atoms with Crippen molar-refractivity contribution in [2.75, 3.05) is 0 Å². The summed E-state index contributed by atoms with van der Waals surface area (Å²) in [6.07, 6.45) is 0. The van der Waals surface area contributed by atoms with E-state index in [2.05, 4.69) is 167 Å². The van der Waals surface area contributed by atoms with E-state index in [-0.39, 0.29) is 0 Å². The number of hydrogen-bond acceptors (Lipinski definition) is 1. The lowest BCUT2D eigenvalue weighted by molar-refractivity contribution is 1.18. The van der Waals surface area contributed by atoms with Gasteiger partial charge in [0.1, 0.15) is 0 Å². The number of nitrogens with zero attached hydrogens (tertiary/aromatic N) is 2. The average Bonchev–Trinajstić information content (AvgIpc) is 3.75. The zero-order valence-electron chi connectivity index (χ0n) is 24.3. The third-order valence-electron chi connectivity index (χ3n) is 9.31. The van der Waals surface area contributed by atoms with Gasteiger partial charge in [-0.25, -0.2) is 0 Å². The first-order chi connectivity index (χ1) is 22.3. The summed E-state index contributed by atoms with van der Waals surface area (Å²) < 4.78 is 7.41. The SMILES string of the molecule is c1ccc(-n2c3ccccc3c3cc(-c4ccc5sc6ccc(-n7c8ccccc8c8ccccc87)cc6c5c4)ccc32)cc1. The zero-order chi connectivity index (χ0) is 29.5. The summed E-state index contributed by atoms with van der Waals surface area (Å²) in [5, 5.41) is 7.73. The van der Waals surface area contributed by atoms with Crippen LogP contribution in [0.3, 0.4) is 0 Å². The molecule has 0 aliphatic heterocycles. The fourth-order valence-corrected chi connectivity index (χ4v) is 8.36. The Balaban J connectivity index is 1.16. The summed E-state index contributed by atoms with van der Waals surface area (Å²) in [7, 11) is 0. The molecule has 0 saturated carbocycles. The number of rotatable bonds is 3. The Kier molecular flexibility index (Phi) is 5.19. The van der Waals surface area contributed by atoms with Crippen molar-refractivity contribution in [2.45, 2.75) is 0 Å². The number of aromatic nitrogens is 2. The molecule has 0 N–H and O–H groups in total. The van der Waals surface area contributed by atoms with Crippen LogP contribution in [-0.4, -0.2) is 9.13 Å². The fraction of sp³-hybridized carbons (Fsp3) is 0. The highest BCUT2D eigenvalue weighted by atomic mass is 32.1. The molecule has 210 valence electrons. The highest BCUT2D eigenvalue weighted by Crippen LogP contribution is 2.40. The van der Waals surface area contributed by atoms with Crippen LogP contribution in [-0.2, 0) is 0 Å². The maximum Gasteiger partial charge on any atom is 0.0541 e. The maximum atomic E-state index is 2.41. The second kappa shape index (κ2) is 9.43. The molecule has 0 atom stereocenters. The first-order valence-electron chi connectivity index (χ1n) is 15.4. The first-order valence-corrected chi connectivity index (χ1v) is 16.2. The van der Waals surface area contributed by atoms with Crippen molar-refractivity contribution in [2.24, 2.45) is 0 Å². The summed E-state index contributed by atoms with van der Waals surface area (Å²) in [5.41, 5.74) is 9.78. The molecule has 7 aromatic carbocycles. The van der Waals surface area contributed by atoms with Crippen molar-refractivity contribution in [3.63, 3.8) is 0 Å². The minimum atomic E-state index is 1.18. The van der Waals surface area contributed by atoms with Crippen molar-refractivity contribution in [3.8, 4) is 22.5 Å². The van der Waals surface area contributed by atoms with Crippen LogP contribution in [0.25, 0.3) is 86.3 Å². The quantitative estimate of drug-likeness (QED) is 0.194. The summed E-state index contributed by atoms with van der Waals surface area (Å²) in [4.78, 5) is 0. The first kappa shape index (κ1) is 24.8. The van der Waals surface area contributed by atoms with Gasteiger partial charge in [-0.3, -0.25) is 0 Å². The second-order valence-electron chi connectivity index (χ2n) is 11.8. The van der Waals surface area contributed by atoms with Crippen molar-refractivity contribution < 1.29 is 0 Å². The molecule has 2 nitrogen and oxygen atoms in total. The predicted molar refractivity (Wildman–Crippen MR) is 193 cm³/mol. The van der Waals surface area contributed by atoms with E-state index in [4.69, 9.17) is 0 Å². The highest BCUT2D eigenvalue weighted by molar-refractivity contribution is 7.25. The van der Waals surface area contributed by atoms with E-state index in [1.54, 1.807) is 0 Å². The van der Waals surface area contributed by atoms with Crippen molar-refractivity contribution in [1.82, 2.24) is 9.13 Å². The van der Waals surface area contributed by atoms with Gasteiger partial charge in [0.2, 0.25) is 0 Å². The Morgan fingerprint density at radius 2 is 0.778 bits per heavy atom. The third kappa shape index (κ3) is 3.62. The highest BCUT2D eigenvalue weighted by Gasteiger charge is 2.16. The Hall–Kier alpha value is -5.64. The summed E-state index contributed by atoms with van der Waals surface area (Å²) in [6, 6.07) is 57.7. The van der Waals surface area contributed by atoms with Crippen LogP contribution in [0.1, 0.15) is 0 Å². The van der Waals surface area contributed by atoms with E-state index >= 15 is 0 Å². The van der Waals surface area contributed by atoms with Crippen LogP contribution in [0.15, 0.2) is 158 Å². The molecule has 0 unspecified atom stereocenters. The van der Waals surface area contributed by atoms with Crippen LogP contribution in [0.2, 0.25) is 0 Å². The molecule has 0 radical (unpaired) electrons. The molecule has 3 aromatic heterocycles. The second-order valence-corrected chi connectivity index (χ2v) is 12.9. The van der Waals surface area contributed by atoms with E-state index in [1.165, 1.54) is 86.3 Å². The van der Waals surface area contributed by atoms with Gasteiger partial charge in [0.25, 0.3) is 0 Å². The normalized spacial score (nSPS) is 12.0. The minimum absolute atomic E-state index is 1.18. The largest absolute Gasteiger partial charge is 0.309 e. The van der Waals surface area contributed by atoms with Gasteiger partial charge in [-0.2, -0.15) is 0 Å². The molecular weight excluding hydrogens is 565 g/mol. The lowest BCUT2D eigenvalue weighted by Crippen LogP contribution is -1.93. The molecule has 3 heterocycles. The summed E-state index contributed by atoms with van der Waals surface area (Å²) in [5.74, 6) is 0. The molecular formula is C42H26N2S. The molecule has 0 fully saturated rings. The number of para-hydroxylation sites is 4. The third-order valence-corrected chi connectivity index (χ3v) is 10.5. The molecule has 0 amide bonds. The van der Waals surface area contributed by atoms with Gasteiger partial charge in [-0.05, 0) is 83.9 Å². The van der Waals surface area contributed by atoms with Crippen LogP contribution in [0, 0.1) is 0 Å². The van der Waals surface area contributed by atoms with Gasteiger partial charge in [0.15, 0.2) is 0 Å². The molecule has 0 saturated heterocycles. The van der Waals surface area contributed by atoms with Crippen LogP contribution in [0.4, 0.5) is 0 Å². The van der Waals surface area contributed by atoms with Gasteiger partial charge in [0, 0.05) is 53.1 Å². The van der Waals surface area contributed by atoms with Gasteiger partial charge >= 0.3 is 0 Å². The molecule has 3 heteroatoms. The minimum Gasteiger partial charge on any atom is -0.309 e. The van der Waals surface area contributed by atoms with E-state index in [0.29, 0.717) is 0 Å². The smallest absolute Gasteiger partial charge is 0.0541 e. The lowest BCUT2D eigenvalue weighted by atomic mass is 10.0. The van der Waals surface area contributed by atoms with Gasteiger partial charge in [-0.1, -0.05) is 84.9 Å². The standard InChI is InChI=1S/C42H26N2S/c1-2-10-29(11-3-1)43-39-17-9-6-14-33(39)34-24-27(18-21-40(34)43)28-19-22-41-35(25-28)36-26-30(20-23-42(36)45-41)44-37-15-7-4-12-31(37)32-13-5-8-16-38(32)44/h1-26H. The van der Waals surface area contributed by atoms with Gasteiger partial charge in [0.05, 0.1) is 22.1 Å². The summed E-state index contributed by atoms with van der Waals surface area (Å²) in [6.45, 7) is 0. The number of fused-ring (bicyclic) bond motifs is 9.